The number of benzene rings is 2. The number of imidazole rings is 1. The Morgan fingerprint density at radius 1 is 0.847 bits per heavy atom. The number of anilines is 3. The summed E-state index contributed by atoms with van der Waals surface area (Å²) in [5.41, 5.74) is 4.59. The number of H-pyrrole nitrogens is 1. The van der Waals surface area contributed by atoms with Crippen molar-refractivity contribution >= 4 is 57.8 Å². The van der Waals surface area contributed by atoms with Crippen LogP contribution in [0.3, 0.4) is 0 Å². The van der Waals surface area contributed by atoms with Crippen LogP contribution in [0.2, 0.25) is 0 Å². The number of rotatable bonds is 11. The molecule has 59 heavy (non-hydrogen) atoms. The highest BCUT2D eigenvalue weighted by atomic mass is 16.2. The molecule has 5 amide bonds. The maximum Gasteiger partial charge on any atom is 0.262 e. The largest absolute Gasteiger partial charge is 0.371 e. The SMILES string of the molecule is C[C@H]1CCCN1Cc1nc2ccc(NC(=O)c3ccc(N4CCN(CCCC5CCN(c6ccc7c(c6)C(=O)N(C6CCC(=O)NC6=O)C7=O)CC5)CC4)nc3)cc2[nH]1. The van der Waals surface area contributed by atoms with Crippen molar-refractivity contribution in [1.29, 1.82) is 0 Å². The number of likely N-dealkylation sites (tertiary alicyclic amines) is 1. The van der Waals surface area contributed by atoms with Crippen LogP contribution in [0.25, 0.3) is 11.0 Å². The average molecular weight is 801 g/mol. The number of piperazine rings is 1. The van der Waals surface area contributed by atoms with E-state index in [1.54, 1.807) is 18.3 Å². The van der Waals surface area contributed by atoms with Crippen LogP contribution >= 0.6 is 0 Å². The number of amides is 5. The third kappa shape index (κ3) is 8.18. The molecular formula is C44H52N10O5. The van der Waals surface area contributed by atoms with Gasteiger partial charge >= 0.3 is 0 Å². The van der Waals surface area contributed by atoms with Gasteiger partial charge in [-0.1, -0.05) is 0 Å². The number of imide groups is 2. The Kier molecular flexibility index (Phi) is 10.9. The first-order valence-electron chi connectivity index (χ1n) is 21.2. The minimum absolute atomic E-state index is 0.101. The Morgan fingerprint density at radius 2 is 1.66 bits per heavy atom. The van der Waals surface area contributed by atoms with Gasteiger partial charge in [-0.2, -0.15) is 0 Å². The molecule has 0 bridgehead atoms. The fraction of sp³-hybridized carbons (Fsp3) is 0.477. The van der Waals surface area contributed by atoms with Crippen molar-refractivity contribution in [3.05, 3.63) is 77.2 Å². The number of hydrogen-bond acceptors (Lipinski definition) is 11. The normalized spacial score (nSPS) is 22.1. The number of nitrogens with zero attached hydrogens (tertiary/aromatic N) is 7. The van der Waals surface area contributed by atoms with Crippen molar-refractivity contribution in [2.75, 3.05) is 67.5 Å². The molecule has 0 spiro atoms. The second kappa shape index (κ2) is 16.5. The highest BCUT2D eigenvalue weighted by molar-refractivity contribution is 6.23. The summed E-state index contributed by atoms with van der Waals surface area (Å²) in [7, 11) is 0. The summed E-state index contributed by atoms with van der Waals surface area (Å²) in [4.78, 5) is 87.0. The van der Waals surface area contributed by atoms with Gasteiger partial charge in [0.05, 0.1) is 34.3 Å². The van der Waals surface area contributed by atoms with Crippen molar-refractivity contribution in [1.82, 2.24) is 35.0 Å². The molecule has 1 unspecified atom stereocenters. The van der Waals surface area contributed by atoms with E-state index in [0.717, 1.165) is 111 Å². The standard InChI is InChI=1S/C44H52N10O5/c1-28-4-2-17-53(28)27-38-47-35-10-7-31(24-36(35)48-38)46-41(56)30-6-12-39(45-26-30)52-22-20-50(21-23-52)16-3-5-29-14-18-51(19-15-29)32-8-9-33-34(25-32)44(59)54(43(33)58)37-11-13-40(55)49-42(37)57/h6-10,12,24-26,28-29,37H,2-5,11,13-23,27H2,1H3,(H,46,56)(H,47,48)(H,49,55,57)/t28-,37?/m0/s1. The van der Waals surface area contributed by atoms with E-state index >= 15 is 0 Å². The molecule has 2 atom stereocenters. The van der Waals surface area contributed by atoms with Crippen molar-refractivity contribution in [3.63, 3.8) is 0 Å². The summed E-state index contributed by atoms with van der Waals surface area (Å²) in [6.45, 7) is 10.7. The Bertz CT molecular complexity index is 2260. The highest BCUT2D eigenvalue weighted by Crippen LogP contribution is 2.33. The molecule has 4 fully saturated rings. The smallest absolute Gasteiger partial charge is 0.262 e. The van der Waals surface area contributed by atoms with Crippen LogP contribution in [0.15, 0.2) is 54.7 Å². The average Bonchev–Trinajstić information content (AvgIpc) is 3.92. The molecule has 4 aromatic rings. The van der Waals surface area contributed by atoms with Crippen molar-refractivity contribution in [2.24, 2.45) is 5.92 Å². The fourth-order valence-electron chi connectivity index (χ4n) is 9.49. The zero-order chi connectivity index (χ0) is 40.6. The van der Waals surface area contributed by atoms with Crippen LogP contribution in [0.5, 0.6) is 0 Å². The van der Waals surface area contributed by atoms with Gasteiger partial charge in [0, 0.05) is 69.3 Å². The molecule has 9 rings (SSSR count). The number of aromatic nitrogens is 3. The first kappa shape index (κ1) is 38.8. The molecule has 0 saturated carbocycles. The fourth-order valence-corrected chi connectivity index (χ4v) is 9.49. The number of piperidine rings is 2. The summed E-state index contributed by atoms with van der Waals surface area (Å²) in [6, 6.07) is 14.6. The summed E-state index contributed by atoms with van der Waals surface area (Å²) in [5.74, 6) is 0.359. The molecule has 2 aromatic carbocycles. The topological polar surface area (TPSA) is 167 Å². The van der Waals surface area contributed by atoms with E-state index in [1.807, 2.05) is 36.4 Å². The number of pyridine rings is 1. The maximum absolute atomic E-state index is 13.3. The minimum atomic E-state index is -0.960. The molecule has 4 saturated heterocycles. The molecule has 5 aliphatic heterocycles. The van der Waals surface area contributed by atoms with Crippen LogP contribution in [-0.2, 0) is 16.1 Å². The molecule has 0 aliphatic carbocycles. The molecular weight excluding hydrogens is 749 g/mol. The zero-order valence-electron chi connectivity index (χ0n) is 33.6. The van der Waals surface area contributed by atoms with Gasteiger partial charge in [-0.25, -0.2) is 9.97 Å². The van der Waals surface area contributed by atoms with Crippen LogP contribution in [-0.4, -0.2) is 124 Å². The molecule has 3 N–H and O–H groups in total. The number of carbonyl (C=O) groups excluding carboxylic acids is 5. The number of nitrogens with one attached hydrogen (secondary N) is 3. The molecule has 5 aliphatic rings. The third-order valence-electron chi connectivity index (χ3n) is 13.0. The lowest BCUT2D eigenvalue weighted by atomic mass is 9.91. The minimum Gasteiger partial charge on any atom is -0.371 e. The number of fused-ring (bicyclic) bond motifs is 2. The Hall–Kier alpha value is -5.67. The maximum atomic E-state index is 13.3. The van der Waals surface area contributed by atoms with Gasteiger partial charge in [-0.15, -0.1) is 0 Å². The number of aromatic amines is 1. The van der Waals surface area contributed by atoms with Crippen LogP contribution in [0, 0.1) is 5.92 Å². The van der Waals surface area contributed by atoms with E-state index in [1.165, 1.54) is 19.3 Å². The first-order chi connectivity index (χ1) is 28.7. The quantitative estimate of drug-likeness (QED) is 0.184. The number of hydrogen-bond donors (Lipinski definition) is 3. The summed E-state index contributed by atoms with van der Waals surface area (Å²) >= 11 is 0. The predicted molar refractivity (Wildman–Crippen MR) is 223 cm³/mol. The van der Waals surface area contributed by atoms with E-state index in [2.05, 4.69) is 47.1 Å². The van der Waals surface area contributed by atoms with Gasteiger partial charge in [0.15, 0.2) is 0 Å². The van der Waals surface area contributed by atoms with Gasteiger partial charge < -0.3 is 20.1 Å². The highest BCUT2D eigenvalue weighted by Gasteiger charge is 2.45. The monoisotopic (exact) mass is 800 g/mol. The van der Waals surface area contributed by atoms with E-state index < -0.39 is 23.8 Å². The molecule has 7 heterocycles. The Labute approximate surface area is 343 Å². The Balaban J connectivity index is 0.692. The van der Waals surface area contributed by atoms with Gasteiger partial charge in [-0.3, -0.25) is 44.0 Å². The second-order valence-electron chi connectivity index (χ2n) is 16.8. The van der Waals surface area contributed by atoms with E-state index in [-0.39, 0.29) is 24.7 Å². The lowest BCUT2D eigenvalue weighted by Crippen LogP contribution is -2.54. The van der Waals surface area contributed by atoms with Gasteiger partial charge in [-0.05, 0) is 119 Å². The van der Waals surface area contributed by atoms with E-state index in [9.17, 15) is 24.0 Å². The van der Waals surface area contributed by atoms with Crippen LogP contribution < -0.4 is 20.4 Å². The summed E-state index contributed by atoms with van der Waals surface area (Å²) < 4.78 is 0. The van der Waals surface area contributed by atoms with Crippen molar-refractivity contribution in [3.8, 4) is 0 Å². The van der Waals surface area contributed by atoms with Gasteiger partial charge in [0.1, 0.15) is 17.7 Å². The summed E-state index contributed by atoms with van der Waals surface area (Å²) in [5, 5.41) is 5.27. The second-order valence-corrected chi connectivity index (χ2v) is 16.8. The molecule has 2 aromatic heterocycles. The molecule has 308 valence electrons. The predicted octanol–water partition coefficient (Wildman–Crippen LogP) is 4.41. The Morgan fingerprint density at radius 3 is 2.41 bits per heavy atom. The zero-order valence-corrected chi connectivity index (χ0v) is 33.6. The van der Waals surface area contributed by atoms with Gasteiger partial charge in [0.25, 0.3) is 17.7 Å². The van der Waals surface area contributed by atoms with Crippen molar-refractivity contribution in [2.45, 2.75) is 76.9 Å². The summed E-state index contributed by atoms with van der Waals surface area (Å²) in [6.07, 6.45) is 8.82. The van der Waals surface area contributed by atoms with Crippen LogP contribution in [0.1, 0.15) is 95.2 Å². The van der Waals surface area contributed by atoms with Crippen molar-refractivity contribution < 1.29 is 24.0 Å². The number of carbonyl (C=O) groups is 5. The van der Waals surface area contributed by atoms with E-state index in [4.69, 9.17) is 4.98 Å². The van der Waals surface area contributed by atoms with Gasteiger partial charge in [0.2, 0.25) is 11.8 Å². The third-order valence-corrected chi connectivity index (χ3v) is 13.0. The molecule has 0 radical (unpaired) electrons. The first-order valence-corrected chi connectivity index (χ1v) is 21.2. The lowest BCUT2D eigenvalue weighted by molar-refractivity contribution is -0.136. The van der Waals surface area contributed by atoms with Crippen LogP contribution in [0.4, 0.5) is 17.2 Å². The molecule has 15 heteroatoms. The van der Waals surface area contributed by atoms with E-state index in [0.29, 0.717) is 34.3 Å². The molecule has 15 nitrogen and oxygen atoms in total. The lowest BCUT2D eigenvalue weighted by Gasteiger charge is -2.36.